The Balaban J connectivity index is 1.88. The van der Waals surface area contributed by atoms with Gasteiger partial charge in [-0.2, -0.15) is 0 Å². The van der Waals surface area contributed by atoms with Crippen molar-refractivity contribution in [3.8, 4) is 0 Å². The van der Waals surface area contributed by atoms with E-state index in [-0.39, 0.29) is 0 Å². The van der Waals surface area contributed by atoms with E-state index < -0.39 is 0 Å². The molecule has 0 aromatic heterocycles. The molecule has 1 nitrogen and oxygen atoms in total. The third-order valence-electron chi connectivity index (χ3n) is 3.73. The molecule has 0 aliphatic heterocycles. The van der Waals surface area contributed by atoms with Crippen LogP contribution in [0.5, 0.6) is 0 Å². The highest BCUT2D eigenvalue weighted by atomic mass is 35.5. The van der Waals surface area contributed by atoms with Crippen LogP contribution in [0.1, 0.15) is 38.2 Å². The lowest BCUT2D eigenvalue weighted by Crippen LogP contribution is -2.34. The van der Waals surface area contributed by atoms with Crippen LogP contribution in [-0.4, -0.2) is 12.6 Å². The van der Waals surface area contributed by atoms with Gasteiger partial charge in [-0.15, -0.1) is 0 Å². The predicted octanol–water partition coefficient (Wildman–Crippen LogP) is 4.05. The van der Waals surface area contributed by atoms with Crippen molar-refractivity contribution in [2.24, 2.45) is 5.92 Å². The van der Waals surface area contributed by atoms with Crippen LogP contribution < -0.4 is 5.32 Å². The zero-order valence-electron chi connectivity index (χ0n) is 10.6. The summed E-state index contributed by atoms with van der Waals surface area (Å²) >= 11 is 5.91. The van der Waals surface area contributed by atoms with Crippen molar-refractivity contribution < 1.29 is 0 Å². The van der Waals surface area contributed by atoms with Gasteiger partial charge < -0.3 is 5.32 Å². The summed E-state index contributed by atoms with van der Waals surface area (Å²) in [7, 11) is 0. The second-order valence-electron chi connectivity index (χ2n) is 5.12. The van der Waals surface area contributed by atoms with E-state index in [0.717, 1.165) is 23.9 Å². The molecule has 0 radical (unpaired) electrons. The Morgan fingerprint density at radius 2 is 2.00 bits per heavy atom. The summed E-state index contributed by atoms with van der Waals surface area (Å²) in [4.78, 5) is 0. The minimum Gasteiger partial charge on any atom is -0.314 e. The number of halogens is 1. The third kappa shape index (κ3) is 4.01. The van der Waals surface area contributed by atoms with Gasteiger partial charge in [-0.25, -0.2) is 0 Å². The molecule has 0 spiro atoms. The molecular weight excluding hydrogens is 230 g/mol. The second-order valence-corrected chi connectivity index (χ2v) is 5.55. The van der Waals surface area contributed by atoms with Gasteiger partial charge in [0.25, 0.3) is 0 Å². The van der Waals surface area contributed by atoms with Gasteiger partial charge in [0, 0.05) is 11.1 Å². The van der Waals surface area contributed by atoms with Gasteiger partial charge in [0.2, 0.25) is 0 Å². The molecule has 0 bridgehead atoms. The Morgan fingerprint density at radius 1 is 1.29 bits per heavy atom. The van der Waals surface area contributed by atoms with Crippen molar-refractivity contribution in [3.63, 3.8) is 0 Å². The van der Waals surface area contributed by atoms with Crippen LogP contribution in [-0.2, 0) is 6.42 Å². The molecule has 1 aliphatic rings. The first kappa shape index (κ1) is 12.9. The molecule has 17 heavy (non-hydrogen) atoms. The predicted molar refractivity (Wildman–Crippen MR) is 74.6 cm³/mol. The standard InChI is InChI=1S/C15H22ClN/c1-2-17-15(10-12-4-3-5-12)11-13-6-8-14(16)9-7-13/h6-9,12,15,17H,2-5,10-11H2,1H3. The number of benzene rings is 1. The van der Waals surface area contributed by atoms with E-state index in [4.69, 9.17) is 11.6 Å². The van der Waals surface area contributed by atoms with Gasteiger partial charge >= 0.3 is 0 Å². The SMILES string of the molecule is CCNC(Cc1ccc(Cl)cc1)CC1CCC1. The molecular formula is C15H22ClN. The summed E-state index contributed by atoms with van der Waals surface area (Å²) in [5, 5.41) is 4.44. The van der Waals surface area contributed by atoms with Crippen molar-refractivity contribution in [2.75, 3.05) is 6.54 Å². The number of rotatable bonds is 6. The lowest BCUT2D eigenvalue weighted by atomic mass is 9.80. The average molecular weight is 252 g/mol. The molecule has 1 fully saturated rings. The van der Waals surface area contributed by atoms with Gasteiger partial charge in [-0.05, 0) is 43.0 Å². The molecule has 0 amide bonds. The van der Waals surface area contributed by atoms with E-state index in [2.05, 4.69) is 24.4 Å². The first-order chi connectivity index (χ1) is 8.28. The monoisotopic (exact) mass is 251 g/mol. The summed E-state index contributed by atoms with van der Waals surface area (Å²) < 4.78 is 0. The fraction of sp³-hybridized carbons (Fsp3) is 0.600. The quantitative estimate of drug-likeness (QED) is 0.804. The summed E-state index contributed by atoms with van der Waals surface area (Å²) in [5.41, 5.74) is 1.39. The van der Waals surface area contributed by atoms with Crippen LogP contribution in [0.15, 0.2) is 24.3 Å². The number of hydrogen-bond donors (Lipinski definition) is 1. The summed E-state index contributed by atoms with van der Waals surface area (Å²) in [6.07, 6.45) is 6.76. The van der Waals surface area contributed by atoms with Crippen molar-refractivity contribution in [2.45, 2.75) is 45.1 Å². The number of hydrogen-bond acceptors (Lipinski definition) is 1. The Hall–Kier alpha value is -0.530. The van der Waals surface area contributed by atoms with Crippen molar-refractivity contribution in [3.05, 3.63) is 34.9 Å². The Bertz CT molecular complexity index is 329. The molecule has 0 saturated heterocycles. The third-order valence-corrected chi connectivity index (χ3v) is 3.98. The van der Waals surface area contributed by atoms with Gasteiger partial charge in [0.05, 0.1) is 0 Å². The van der Waals surface area contributed by atoms with Crippen molar-refractivity contribution in [1.29, 1.82) is 0 Å². The molecule has 0 heterocycles. The van der Waals surface area contributed by atoms with Gasteiger partial charge in [-0.1, -0.05) is 49.9 Å². The zero-order chi connectivity index (χ0) is 12.1. The van der Waals surface area contributed by atoms with Crippen molar-refractivity contribution in [1.82, 2.24) is 5.32 Å². The van der Waals surface area contributed by atoms with E-state index in [9.17, 15) is 0 Å². The lowest BCUT2D eigenvalue weighted by Gasteiger charge is -2.30. The fourth-order valence-corrected chi connectivity index (χ4v) is 2.69. The Labute approximate surface area is 110 Å². The van der Waals surface area contributed by atoms with Crippen LogP contribution in [0, 0.1) is 5.92 Å². The Kier molecular flexibility index (Phi) is 4.87. The van der Waals surface area contributed by atoms with Crippen LogP contribution in [0.2, 0.25) is 5.02 Å². The highest BCUT2D eigenvalue weighted by molar-refractivity contribution is 6.30. The maximum absolute atomic E-state index is 5.91. The molecule has 2 heteroatoms. The zero-order valence-corrected chi connectivity index (χ0v) is 11.3. The molecule has 2 rings (SSSR count). The van der Waals surface area contributed by atoms with E-state index in [1.807, 2.05) is 12.1 Å². The van der Waals surface area contributed by atoms with Gasteiger partial charge in [-0.3, -0.25) is 0 Å². The molecule has 1 unspecified atom stereocenters. The molecule has 1 aromatic rings. The molecule has 1 atom stereocenters. The Morgan fingerprint density at radius 3 is 2.53 bits per heavy atom. The van der Waals surface area contributed by atoms with Gasteiger partial charge in [0.1, 0.15) is 0 Å². The molecule has 1 N–H and O–H groups in total. The molecule has 1 saturated carbocycles. The van der Waals surface area contributed by atoms with Crippen LogP contribution in [0.3, 0.4) is 0 Å². The minimum atomic E-state index is 0.631. The summed E-state index contributed by atoms with van der Waals surface area (Å²) in [6.45, 7) is 3.25. The van der Waals surface area contributed by atoms with E-state index in [1.54, 1.807) is 0 Å². The molecule has 1 aliphatic carbocycles. The fourth-order valence-electron chi connectivity index (χ4n) is 2.56. The number of nitrogens with one attached hydrogen (secondary N) is 1. The maximum atomic E-state index is 5.91. The topological polar surface area (TPSA) is 12.0 Å². The van der Waals surface area contributed by atoms with Gasteiger partial charge in [0.15, 0.2) is 0 Å². The van der Waals surface area contributed by atoms with E-state index in [0.29, 0.717) is 6.04 Å². The highest BCUT2D eigenvalue weighted by Crippen LogP contribution is 2.31. The largest absolute Gasteiger partial charge is 0.314 e. The molecule has 1 aromatic carbocycles. The van der Waals surface area contributed by atoms with Crippen LogP contribution in [0.4, 0.5) is 0 Å². The minimum absolute atomic E-state index is 0.631. The normalized spacial score (nSPS) is 17.8. The lowest BCUT2D eigenvalue weighted by molar-refractivity contribution is 0.260. The average Bonchev–Trinajstić information content (AvgIpc) is 2.27. The van der Waals surface area contributed by atoms with Crippen molar-refractivity contribution >= 4 is 11.6 Å². The van der Waals surface area contributed by atoms with E-state index in [1.165, 1.54) is 31.2 Å². The first-order valence-electron chi connectivity index (χ1n) is 6.75. The van der Waals surface area contributed by atoms with E-state index >= 15 is 0 Å². The smallest absolute Gasteiger partial charge is 0.0406 e. The first-order valence-corrected chi connectivity index (χ1v) is 7.13. The van der Waals surface area contributed by atoms with Crippen LogP contribution >= 0.6 is 11.6 Å². The maximum Gasteiger partial charge on any atom is 0.0406 e. The summed E-state index contributed by atoms with van der Waals surface area (Å²) in [6, 6.07) is 8.90. The number of likely N-dealkylation sites (N-methyl/N-ethyl adjacent to an activating group) is 1. The highest BCUT2D eigenvalue weighted by Gasteiger charge is 2.21. The second kappa shape index (κ2) is 6.42. The summed E-state index contributed by atoms with van der Waals surface area (Å²) in [5.74, 6) is 0.964. The van der Waals surface area contributed by atoms with Crippen LogP contribution in [0.25, 0.3) is 0 Å². The molecule has 94 valence electrons.